The van der Waals surface area contributed by atoms with Crippen LogP contribution >= 0.6 is 12.4 Å². The van der Waals surface area contributed by atoms with Crippen LogP contribution in [0.5, 0.6) is 0 Å². The van der Waals surface area contributed by atoms with Gasteiger partial charge in [-0.2, -0.15) is 4.98 Å². The summed E-state index contributed by atoms with van der Waals surface area (Å²) in [6.45, 7) is 1.90. The molecule has 10 heteroatoms. The predicted octanol–water partition coefficient (Wildman–Crippen LogP) is 4.36. The first kappa shape index (κ1) is 21.7. The molecule has 1 aliphatic rings. The number of halogens is 1. The summed E-state index contributed by atoms with van der Waals surface area (Å²) in [5.74, 6) is 0.683. The number of hydrogen-bond acceptors (Lipinski definition) is 8. The van der Waals surface area contributed by atoms with Crippen LogP contribution in [0.25, 0.3) is 11.5 Å². The van der Waals surface area contributed by atoms with Gasteiger partial charge in [-0.15, -0.1) is 12.4 Å². The summed E-state index contributed by atoms with van der Waals surface area (Å²) in [5.41, 5.74) is 7.38. The van der Waals surface area contributed by atoms with Crippen LogP contribution in [0.1, 0.15) is 50.2 Å². The summed E-state index contributed by atoms with van der Waals surface area (Å²) in [4.78, 5) is 19.9. The Morgan fingerprint density at radius 3 is 2.70 bits per heavy atom. The highest BCUT2D eigenvalue weighted by atomic mass is 35.5. The Labute approximate surface area is 179 Å². The van der Waals surface area contributed by atoms with E-state index >= 15 is 0 Å². The van der Waals surface area contributed by atoms with Crippen molar-refractivity contribution in [2.24, 2.45) is 5.73 Å². The summed E-state index contributed by atoms with van der Waals surface area (Å²) in [7, 11) is 0. The van der Waals surface area contributed by atoms with Crippen molar-refractivity contribution in [3.63, 3.8) is 0 Å². The van der Waals surface area contributed by atoms with Gasteiger partial charge < -0.3 is 15.6 Å². The summed E-state index contributed by atoms with van der Waals surface area (Å²) >= 11 is 0. The normalized spacial score (nSPS) is 15.9. The number of rotatable bonds is 6. The second-order valence-electron chi connectivity index (χ2n) is 7.40. The number of aromatic nitrogens is 3. The topological polar surface area (TPSA) is 133 Å². The molecule has 2 heterocycles. The molecule has 0 aliphatic heterocycles. The van der Waals surface area contributed by atoms with Crippen LogP contribution in [-0.4, -0.2) is 20.0 Å². The summed E-state index contributed by atoms with van der Waals surface area (Å²) in [5, 5.41) is 18.8. The highest BCUT2D eigenvalue weighted by molar-refractivity contribution is 5.85. The van der Waals surface area contributed by atoms with Crippen molar-refractivity contribution in [1.82, 2.24) is 15.1 Å². The van der Waals surface area contributed by atoms with Gasteiger partial charge in [-0.3, -0.25) is 15.1 Å². The second kappa shape index (κ2) is 8.76. The number of nitrogens with zero attached hydrogens (tertiary/aromatic N) is 4. The van der Waals surface area contributed by atoms with E-state index < -0.39 is 10.5 Å². The molecule has 2 aromatic heterocycles. The monoisotopic (exact) mass is 430 g/mol. The molecule has 1 aliphatic carbocycles. The Balaban J connectivity index is 0.00000256. The molecule has 4 rings (SSSR count). The molecule has 158 valence electrons. The van der Waals surface area contributed by atoms with Gasteiger partial charge >= 0.3 is 0 Å². The zero-order valence-corrected chi connectivity index (χ0v) is 17.3. The highest BCUT2D eigenvalue weighted by Gasteiger charge is 2.36. The van der Waals surface area contributed by atoms with Crippen LogP contribution in [0, 0.1) is 10.1 Å². The van der Waals surface area contributed by atoms with Crippen molar-refractivity contribution in [3.05, 3.63) is 64.2 Å². The fraction of sp³-hybridized carbons (Fsp3) is 0.350. The fourth-order valence-corrected chi connectivity index (χ4v) is 3.65. The van der Waals surface area contributed by atoms with E-state index in [9.17, 15) is 10.1 Å². The van der Waals surface area contributed by atoms with E-state index in [1.807, 2.05) is 25.1 Å². The zero-order valence-electron chi connectivity index (χ0n) is 16.4. The smallest absolute Gasteiger partial charge is 0.293 e. The summed E-state index contributed by atoms with van der Waals surface area (Å²) in [6.07, 6.45) is 5.36. The van der Waals surface area contributed by atoms with Crippen molar-refractivity contribution < 1.29 is 9.45 Å². The minimum absolute atomic E-state index is 0. The number of benzene rings is 1. The number of nitrogens with one attached hydrogen (secondary N) is 1. The Hall–Kier alpha value is -3.04. The molecule has 0 radical (unpaired) electrons. The Bertz CT molecular complexity index is 1020. The van der Waals surface area contributed by atoms with Gasteiger partial charge in [-0.05, 0) is 44.0 Å². The molecule has 1 aromatic carbocycles. The van der Waals surface area contributed by atoms with E-state index in [0.717, 1.165) is 31.4 Å². The van der Waals surface area contributed by atoms with Crippen molar-refractivity contribution in [2.75, 3.05) is 5.32 Å². The molecule has 3 N–H and O–H groups in total. The Kier molecular flexibility index (Phi) is 6.33. The van der Waals surface area contributed by atoms with E-state index in [2.05, 4.69) is 20.4 Å². The third-order valence-electron chi connectivity index (χ3n) is 5.31. The second-order valence-corrected chi connectivity index (χ2v) is 7.40. The van der Waals surface area contributed by atoms with Crippen LogP contribution in [0.2, 0.25) is 0 Å². The van der Waals surface area contributed by atoms with Crippen LogP contribution in [0.4, 0.5) is 11.4 Å². The molecule has 0 amide bonds. The van der Waals surface area contributed by atoms with E-state index in [0.29, 0.717) is 17.1 Å². The summed E-state index contributed by atoms with van der Waals surface area (Å²) in [6, 6.07) is 10.2. The van der Waals surface area contributed by atoms with Gasteiger partial charge in [0.05, 0.1) is 22.2 Å². The van der Waals surface area contributed by atoms with Crippen LogP contribution in [-0.2, 0) is 5.54 Å². The molecule has 1 unspecified atom stereocenters. The van der Waals surface area contributed by atoms with Crippen LogP contribution < -0.4 is 11.1 Å². The first-order valence-electron chi connectivity index (χ1n) is 9.56. The van der Waals surface area contributed by atoms with E-state index in [4.69, 9.17) is 10.3 Å². The van der Waals surface area contributed by atoms with Gasteiger partial charge in [0.25, 0.3) is 11.6 Å². The first-order chi connectivity index (χ1) is 14.0. The molecule has 3 aromatic rings. The summed E-state index contributed by atoms with van der Waals surface area (Å²) < 4.78 is 5.36. The predicted molar refractivity (Wildman–Crippen MR) is 114 cm³/mol. The first-order valence-corrected chi connectivity index (χ1v) is 9.56. The van der Waals surface area contributed by atoms with Crippen molar-refractivity contribution in [1.29, 1.82) is 0 Å². The molecular formula is C20H23ClN6O3. The lowest BCUT2D eigenvalue weighted by Crippen LogP contribution is -2.34. The fourth-order valence-electron chi connectivity index (χ4n) is 3.65. The standard InChI is InChI=1S/C20H22N6O3.ClH/c1-13(15-6-2-5-11-22-15)23-16-8-7-14(12-17(16)26(27)28)18-24-19(25-29-18)20(21)9-3-4-10-20;/h2,5-8,11-13,23H,3-4,9-10,21H2,1H3;1H. The SMILES string of the molecule is CC(Nc1ccc(-c2nc(C3(N)CCCC3)no2)cc1[N+](=O)[O-])c1ccccn1.Cl. The van der Waals surface area contributed by atoms with Gasteiger partial charge in [0.15, 0.2) is 5.82 Å². The maximum Gasteiger partial charge on any atom is 0.293 e. The lowest BCUT2D eigenvalue weighted by molar-refractivity contribution is -0.383. The molecule has 9 nitrogen and oxygen atoms in total. The van der Waals surface area contributed by atoms with Crippen molar-refractivity contribution in [2.45, 2.75) is 44.2 Å². The Morgan fingerprint density at radius 2 is 2.03 bits per heavy atom. The number of hydrogen-bond donors (Lipinski definition) is 2. The van der Waals surface area contributed by atoms with Gasteiger partial charge in [-0.25, -0.2) is 0 Å². The minimum Gasteiger partial charge on any atom is -0.371 e. The lowest BCUT2D eigenvalue weighted by atomic mass is 9.98. The zero-order chi connectivity index (χ0) is 20.4. The average molecular weight is 431 g/mol. The molecule has 1 atom stereocenters. The van der Waals surface area contributed by atoms with Gasteiger partial charge in [0.2, 0.25) is 0 Å². The third-order valence-corrected chi connectivity index (χ3v) is 5.31. The minimum atomic E-state index is -0.576. The maximum absolute atomic E-state index is 11.7. The van der Waals surface area contributed by atoms with Gasteiger partial charge in [0.1, 0.15) is 5.69 Å². The number of pyridine rings is 1. The quantitative estimate of drug-likeness (QED) is 0.435. The average Bonchev–Trinajstić information content (AvgIpc) is 3.39. The molecule has 1 saturated carbocycles. The van der Waals surface area contributed by atoms with Crippen LogP contribution in [0.3, 0.4) is 0 Å². The molecular weight excluding hydrogens is 408 g/mol. The van der Waals surface area contributed by atoms with Crippen molar-refractivity contribution >= 4 is 23.8 Å². The molecule has 0 bridgehead atoms. The van der Waals surface area contributed by atoms with E-state index in [1.165, 1.54) is 6.07 Å². The Morgan fingerprint density at radius 1 is 1.27 bits per heavy atom. The number of nitro benzene ring substituents is 1. The number of anilines is 1. The van der Waals surface area contributed by atoms with Crippen molar-refractivity contribution in [3.8, 4) is 11.5 Å². The third kappa shape index (κ3) is 4.27. The van der Waals surface area contributed by atoms with Gasteiger partial charge in [-0.1, -0.05) is 24.1 Å². The number of nitro groups is 1. The largest absolute Gasteiger partial charge is 0.371 e. The molecule has 30 heavy (non-hydrogen) atoms. The van der Waals surface area contributed by atoms with E-state index in [-0.39, 0.29) is 30.0 Å². The number of nitrogens with two attached hydrogens (primary N) is 1. The van der Waals surface area contributed by atoms with Gasteiger partial charge in [0, 0.05) is 17.8 Å². The van der Waals surface area contributed by atoms with Crippen LogP contribution in [0.15, 0.2) is 47.1 Å². The maximum atomic E-state index is 11.7. The molecule has 0 saturated heterocycles. The molecule has 1 fully saturated rings. The highest BCUT2D eigenvalue weighted by Crippen LogP contribution is 2.36. The van der Waals surface area contributed by atoms with E-state index in [1.54, 1.807) is 18.3 Å². The lowest BCUT2D eigenvalue weighted by Gasteiger charge is -2.17. The molecule has 0 spiro atoms.